The molecule has 0 aliphatic heterocycles. The van der Waals surface area contributed by atoms with E-state index in [0.29, 0.717) is 6.54 Å². The predicted octanol–water partition coefficient (Wildman–Crippen LogP) is 1.79. The van der Waals surface area contributed by atoms with Gasteiger partial charge in [0, 0.05) is 6.54 Å². The molecule has 0 saturated carbocycles. The van der Waals surface area contributed by atoms with Gasteiger partial charge in [-0.2, -0.15) is 0 Å². The first-order valence-electron chi connectivity index (χ1n) is 7.01. The quantitative estimate of drug-likeness (QED) is 0.377. The molecule has 0 fully saturated rings. The Morgan fingerprint density at radius 3 is 2.11 bits per heavy atom. The standard InChI is InChI=1S/C13H29N3O2.ClH/c1-2-3-4-5-6-7-8-9-16(10-12(14)15)11-13(17)18;/h12H,2-11,14-15H2,1H3,(H,17,18);1H. The lowest BCUT2D eigenvalue weighted by Crippen LogP contribution is -2.45. The van der Waals surface area contributed by atoms with Crippen LogP contribution in [0.4, 0.5) is 0 Å². The molecule has 0 aliphatic carbocycles. The number of hydrogen-bond acceptors (Lipinski definition) is 4. The fourth-order valence-electron chi connectivity index (χ4n) is 2.02. The largest absolute Gasteiger partial charge is 0.480 e. The third-order valence-electron chi connectivity index (χ3n) is 2.91. The van der Waals surface area contributed by atoms with E-state index in [-0.39, 0.29) is 19.0 Å². The van der Waals surface area contributed by atoms with E-state index in [0.717, 1.165) is 19.4 Å². The van der Waals surface area contributed by atoms with Gasteiger partial charge >= 0.3 is 5.97 Å². The van der Waals surface area contributed by atoms with Gasteiger partial charge in [-0.3, -0.25) is 9.69 Å². The average molecular weight is 296 g/mol. The zero-order valence-corrected chi connectivity index (χ0v) is 12.8. The lowest BCUT2D eigenvalue weighted by molar-refractivity contribution is -0.138. The van der Waals surface area contributed by atoms with Crippen LogP contribution in [0.25, 0.3) is 0 Å². The van der Waals surface area contributed by atoms with Crippen molar-refractivity contribution in [1.29, 1.82) is 0 Å². The molecule has 5 nitrogen and oxygen atoms in total. The highest BCUT2D eigenvalue weighted by atomic mass is 35.5. The Kier molecular flexibility index (Phi) is 15.5. The van der Waals surface area contributed by atoms with Crippen molar-refractivity contribution in [3.05, 3.63) is 0 Å². The van der Waals surface area contributed by atoms with Crippen molar-refractivity contribution in [2.75, 3.05) is 19.6 Å². The Hall–Kier alpha value is -0.360. The maximum atomic E-state index is 10.7. The molecule has 116 valence electrons. The molecule has 0 bridgehead atoms. The van der Waals surface area contributed by atoms with Crippen molar-refractivity contribution >= 4 is 18.4 Å². The number of halogens is 1. The van der Waals surface area contributed by atoms with Gasteiger partial charge in [-0.1, -0.05) is 45.4 Å². The maximum absolute atomic E-state index is 10.7. The van der Waals surface area contributed by atoms with Crippen LogP contribution < -0.4 is 11.5 Å². The first-order valence-corrected chi connectivity index (χ1v) is 7.01. The van der Waals surface area contributed by atoms with Crippen LogP contribution in [-0.2, 0) is 4.79 Å². The second-order valence-corrected chi connectivity index (χ2v) is 4.91. The second-order valence-electron chi connectivity index (χ2n) is 4.91. The second kappa shape index (κ2) is 14.1. The topological polar surface area (TPSA) is 92.6 Å². The number of nitrogens with two attached hydrogens (primary N) is 2. The maximum Gasteiger partial charge on any atom is 0.317 e. The molecule has 0 aromatic carbocycles. The van der Waals surface area contributed by atoms with Crippen molar-refractivity contribution in [3.8, 4) is 0 Å². The molecule has 0 heterocycles. The smallest absolute Gasteiger partial charge is 0.317 e. The summed E-state index contributed by atoms with van der Waals surface area (Å²) in [6, 6.07) is 0. The van der Waals surface area contributed by atoms with E-state index in [4.69, 9.17) is 16.6 Å². The summed E-state index contributed by atoms with van der Waals surface area (Å²) in [6.45, 7) is 3.45. The molecule has 0 rings (SSSR count). The highest BCUT2D eigenvalue weighted by Gasteiger charge is 2.10. The van der Waals surface area contributed by atoms with Gasteiger partial charge in [0.15, 0.2) is 0 Å². The highest BCUT2D eigenvalue weighted by molar-refractivity contribution is 5.85. The molecule has 0 aromatic heterocycles. The van der Waals surface area contributed by atoms with E-state index in [9.17, 15) is 4.79 Å². The molecule has 0 aliphatic rings. The zero-order valence-electron chi connectivity index (χ0n) is 12.0. The molecule has 0 aromatic rings. The van der Waals surface area contributed by atoms with E-state index in [1.54, 1.807) is 0 Å². The zero-order chi connectivity index (χ0) is 13.8. The normalized spacial score (nSPS) is 10.8. The van der Waals surface area contributed by atoms with Gasteiger partial charge < -0.3 is 16.6 Å². The van der Waals surface area contributed by atoms with E-state index < -0.39 is 12.1 Å². The SMILES string of the molecule is CCCCCCCCCN(CC(=O)O)CC(N)N.Cl. The lowest BCUT2D eigenvalue weighted by atomic mass is 10.1. The van der Waals surface area contributed by atoms with Crippen LogP contribution in [-0.4, -0.2) is 41.8 Å². The Morgan fingerprint density at radius 1 is 1.11 bits per heavy atom. The molecule has 19 heavy (non-hydrogen) atoms. The summed E-state index contributed by atoms with van der Waals surface area (Å²) >= 11 is 0. The van der Waals surface area contributed by atoms with E-state index >= 15 is 0 Å². The van der Waals surface area contributed by atoms with Crippen molar-refractivity contribution in [3.63, 3.8) is 0 Å². The minimum absolute atomic E-state index is 0. The van der Waals surface area contributed by atoms with Crippen LogP contribution in [0, 0.1) is 0 Å². The fraction of sp³-hybridized carbons (Fsp3) is 0.923. The Balaban J connectivity index is 0. The Bertz CT molecular complexity index is 216. The summed E-state index contributed by atoms with van der Waals surface area (Å²) in [5.41, 5.74) is 11.0. The minimum Gasteiger partial charge on any atom is -0.480 e. The number of carbonyl (C=O) groups is 1. The average Bonchev–Trinajstić information content (AvgIpc) is 2.26. The summed E-state index contributed by atoms with van der Waals surface area (Å²) in [7, 11) is 0. The van der Waals surface area contributed by atoms with Crippen molar-refractivity contribution in [2.45, 2.75) is 58.0 Å². The monoisotopic (exact) mass is 295 g/mol. The number of hydrogen-bond donors (Lipinski definition) is 3. The molecule has 0 amide bonds. The minimum atomic E-state index is -0.821. The third kappa shape index (κ3) is 15.6. The van der Waals surface area contributed by atoms with Gasteiger partial charge in [0.05, 0.1) is 12.7 Å². The van der Waals surface area contributed by atoms with Crippen LogP contribution in [0.2, 0.25) is 0 Å². The first kappa shape index (κ1) is 20.9. The van der Waals surface area contributed by atoms with Gasteiger partial charge in [0.2, 0.25) is 0 Å². The first-order chi connectivity index (χ1) is 8.56. The van der Waals surface area contributed by atoms with Gasteiger partial charge in [0.25, 0.3) is 0 Å². The molecule has 0 spiro atoms. The van der Waals surface area contributed by atoms with E-state index in [1.165, 1.54) is 32.1 Å². The van der Waals surface area contributed by atoms with Crippen molar-refractivity contribution < 1.29 is 9.90 Å². The van der Waals surface area contributed by atoms with Crippen LogP contribution in [0.15, 0.2) is 0 Å². The summed E-state index contributed by atoms with van der Waals surface area (Å²) in [5, 5.41) is 8.77. The van der Waals surface area contributed by atoms with Gasteiger partial charge in [-0.25, -0.2) is 0 Å². The highest BCUT2D eigenvalue weighted by Crippen LogP contribution is 2.07. The number of nitrogens with zero attached hydrogens (tertiary/aromatic N) is 1. The van der Waals surface area contributed by atoms with Crippen LogP contribution in [0.3, 0.4) is 0 Å². The Morgan fingerprint density at radius 2 is 1.63 bits per heavy atom. The summed E-state index contributed by atoms with van der Waals surface area (Å²) in [4.78, 5) is 12.5. The molecular weight excluding hydrogens is 266 g/mol. The predicted molar refractivity (Wildman–Crippen MR) is 81.5 cm³/mol. The van der Waals surface area contributed by atoms with E-state index in [2.05, 4.69) is 6.92 Å². The van der Waals surface area contributed by atoms with Gasteiger partial charge in [-0.05, 0) is 13.0 Å². The molecule has 5 N–H and O–H groups in total. The van der Waals surface area contributed by atoms with Gasteiger partial charge in [-0.15, -0.1) is 12.4 Å². The molecule has 0 radical (unpaired) electrons. The van der Waals surface area contributed by atoms with Gasteiger partial charge in [0.1, 0.15) is 0 Å². The summed E-state index contributed by atoms with van der Waals surface area (Å²) in [5.74, 6) is -0.821. The Labute approximate surface area is 123 Å². The number of aliphatic carboxylic acids is 1. The third-order valence-corrected chi connectivity index (χ3v) is 2.91. The van der Waals surface area contributed by atoms with Crippen LogP contribution in [0.1, 0.15) is 51.9 Å². The summed E-state index contributed by atoms with van der Waals surface area (Å²) in [6.07, 6.45) is 8.11. The molecule has 0 unspecified atom stereocenters. The molecule has 0 saturated heterocycles. The number of unbranched alkanes of at least 4 members (excludes halogenated alkanes) is 6. The van der Waals surface area contributed by atoms with Crippen molar-refractivity contribution in [1.82, 2.24) is 4.90 Å². The van der Waals surface area contributed by atoms with Crippen molar-refractivity contribution in [2.24, 2.45) is 11.5 Å². The molecule has 0 atom stereocenters. The molecule has 6 heteroatoms. The number of carboxylic acid groups (broad SMARTS) is 1. The summed E-state index contributed by atoms with van der Waals surface area (Å²) < 4.78 is 0. The molecular formula is C13H30ClN3O2. The van der Waals surface area contributed by atoms with E-state index in [1.807, 2.05) is 4.90 Å². The lowest BCUT2D eigenvalue weighted by Gasteiger charge is -2.21. The fourth-order valence-corrected chi connectivity index (χ4v) is 2.02. The van der Waals surface area contributed by atoms with Crippen LogP contribution >= 0.6 is 12.4 Å². The number of rotatable bonds is 12. The van der Waals surface area contributed by atoms with Crippen LogP contribution in [0.5, 0.6) is 0 Å². The number of carboxylic acids is 1.